The van der Waals surface area contributed by atoms with Crippen LogP contribution in [-0.2, 0) is 10.2 Å². The van der Waals surface area contributed by atoms with Crippen molar-refractivity contribution in [2.45, 2.75) is 26.2 Å². The minimum atomic E-state index is -0.268. The van der Waals surface area contributed by atoms with E-state index < -0.39 is 0 Å². The molecule has 1 amide bonds. The highest BCUT2D eigenvalue weighted by Gasteiger charge is 2.22. The van der Waals surface area contributed by atoms with E-state index in [-0.39, 0.29) is 11.3 Å². The summed E-state index contributed by atoms with van der Waals surface area (Å²) in [5.74, 6) is 1.55. The van der Waals surface area contributed by atoms with Crippen LogP contribution in [0.15, 0.2) is 12.3 Å². The molecule has 1 saturated heterocycles. The van der Waals surface area contributed by atoms with Gasteiger partial charge >= 0.3 is 0 Å². The Morgan fingerprint density at radius 2 is 1.95 bits per heavy atom. The van der Waals surface area contributed by atoms with Crippen LogP contribution in [0, 0.1) is 0 Å². The number of aromatic nitrogens is 2. The summed E-state index contributed by atoms with van der Waals surface area (Å²) in [4.78, 5) is 24.2. The van der Waals surface area contributed by atoms with E-state index in [1.807, 2.05) is 12.3 Å². The topological polar surface area (TPSA) is 75.3 Å². The van der Waals surface area contributed by atoms with Gasteiger partial charge in [0.05, 0.1) is 6.54 Å². The highest BCUT2D eigenvalue weighted by Crippen LogP contribution is 2.21. The number of nitrogens with zero attached hydrogens (tertiary/aromatic N) is 4. The molecule has 2 N–H and O–H groups in total. The average Bonchev–Trinajstić information content (AvgIpc) is 2.38. The third-order valence-electron chi connectivity index (χ3n) is 3.39. The monoisotopic (exact) mass is 277 g/mol. The predicted octanol–water partition coefficient (Wildman–Crippen LogP) is 0.381. The Kier molecular flexibility index (Phi) is 4.23. The lowest BCUT2D eigenvalue weighted by atomic mass is 9.96. The third kappa shape index (κ3) is 3.66. The van der Waals surface area contributed by atoms with Crippen LogP contribution in [0.3, 0.4) is 0 Å². The van der Waals surface area contributed by atoms with Crippen LogP contribution < -0.4 is 10.6 Å². The molecule has 0 saturated carbocycles. The number of piperazine rings is 1. The number of carbonyl (C=O) groups is 1. The van der Waals surface area contributed by atoms with Gasteiger partial charge in [0.2, 0.25) is 5.91 Å². The van der Waals surface area contributed by atoms with Crippen LogP contribution in [0.2, 0.25) is 0 Å². The number of nitrogens with two attached hydrogens (primary N) is 1. The van der Waals surface area contributed by atoms with Crippen LogP contribution in [0.1, 0.15) is 26.6 Å². The average molecular weight is 277 g/mol. The second-order valence-electron chi connectivity index (χ2n) is 6.22. The van der Waals surface area contributed by atoms with Gasteiger partial charge in [0.1, 0.15) is 11.6 Å². The molecule has 0 unspecified atom stereocenters. The fourth-order valence-electron chi connectivity index (χ4n) is 2.24. The van der Waals surface area contributed by atoms with Gasteiger partial charge in [-0.15, -0.1) is 0 Å². The molecule has 2 heterocycles. The third-order valence-corrected chi connectivity index (χ3v) is 3.39. The maximum absolute atomic E-state index is 10.9. The molecule has 0 radical (unpaired) electrons. The van der Waals surface area contributed by atoms with Crippen molar-refractivity contribution in [2.75, 3.05) is 37.6 Å². The SMILES string of the molecule is CC(C)(C)c1nccc(N2CCN(CC(N)=O)CC2)n1. The maximum Gasteiger partial charge on any atom is 0.231 e. The summed E-state index contributed by atoms with van der Waals surface area (Å²) in [6, 6.07) is 1.94. The van der Waals surface area contributed by atoms with Crippen LogP contribution in [-0.4, -0.2) is 53.5 Å². The molecule has 20 heavy (non-hydrogen) atoms. The molecule has 0 aromatic carbocycles. The summed E-state index contributed by atoms with van der Waals surface area (Å²) in [6.45, 7) is 10.0. The molecule has 0 aliphatic carbocycles. The summed E-state index contributed by atoms with van der Waals surface area (Å²) in [5.41, 5.74) is 5.17. The normalized spacial score (nSPS) is 17.2. The van der Waals surface area contributed by atoms with Crippen molar-refractivity contribution in [1.29, 1.82) is 0 Å². The van der Waals surface area contributed by atoms with Gasteiger partial charge in [-0.1, -0.05) is 20.8 Å². The molecule has 110 valence electrons. The standard InChI is InChI=1S/C14H23N5O/c1-14(2,3)13-16-5-4-12(17-13)19-8-6-18(7-9-19)10-11(15)20/h4-5H,6-10H2,1-3H3,(H2,15,20). The molecule has 1 fully saturated rings. The van der Waals surface area contributed by atoms with Gasteiger partial charge in [-0.2, -0.15) is 0 Å². The number of primary amides is 1. The van der Waals surface area contributed by atoms with Crippen molar-refractivity contribution in [1.82, 2.24) is 14.9 Å². The summed E-state index contributed by atoms with van der Waals surface area (Å²) in [7, 11) is 0. The fraction of sp³-hybridized carbons (Fsp3) is 0.643. The predicted molar refractivity (Wildman–Crippen MR) is 78.6 cm³/mol. The van der Waals surface area contributed by atoms with E-state index >= 15 is 0 Å². The van der Waals surface area contributed by atoms with E-state index in [4.69, 9.17) is 5.73 Å². The highest BCUT2D eigenvalue weighted by molar-refractivity contribution is 5.75. The number of carbonyl (C=O) groups excluding carboxylic acids is 1. The van der Waals surface area contributed by atoms with E-state index in [2.05, 4.69) is 40.5 Å². The van der Waals surface area contributed by atoms with Crippen LogP contribution in [0.4, 0.5) is 5.82 Å². The van der Waals surface area contributed by atoms with Crippen molar-refractivity contribution >= 4 is 11.7 Å². The Morgan fingerprint density at radius 3 is 2.50 bits per heavy atom. The van der Waals surface area contributed by atoms with Crippen molar-refractivity contribution in [3.63, 3.8) is 0 Å². The summed E-state index contributed by atoms with van der Waals surface area (Å²) in [6.07, 6.45) is 1.82. The van der Waals surface area contributed by atoms with Crippen LogP contribution in [0.25, 0.3) is 0 Å². The lowest BCUT2D eigenvalue weighted by molar-refractivity contribution is -0.119. The molecular formula is C14H23N5O. The molecule has 0 spiro atoms. The second-order valence-corrected chi connectivity index (χ2v) is 6.22. The Morgan fingerprint density at radius 1 is 1.30 bits per heavy atom. The highest BCUT2D eigenvalue weighted by atomic mass is 16.1. The van der Waals surface area contributed by atoms with E-state index in [1.165, 1.54) is 0 Å². The van der Waals surface area contributed by atoms with E-state index in [0.717, 1.165) is 37.8 Å². The number of amides is 1. The number of hydrogen-bond donors (Lipinski definition) is 1. The van der Waals surface area contributed by atoms with Crippen molar-refractivity contribution in [3.8, 4) is 0 Å². The first kappa shape index (κ1) is 14.7. The molecule has 6 heteroatoms. The van der Waals surface area contributed by atoms with Gasteiger partial charge in [0.25, 0.3) is 0 Å². The molecule has 1 aromatic rings. The zero-order chi connectivity index (χ0) is 14.8. The second kappa shape index (κ2) is 5.75. The first-order valence-electron chi connectivity index (χ1n) is 6.95. The Balaban J connectivity index is 2.02. The summed E-state index contributed by atoms with van der Waals surface area (Å²) in [5, 5.41) is 0. The lowest BCUT2D eigenvalue weighted by Gasteiger charge is -2.35. The summed E-state index contributed by atoms with van der Waals surface area (Å²) >= 11 is 0. The summed E-state index contributed by atoms with van der Waals surface area (Å²) < 4.78 is 0. The zero-order valence-corrected chi connectivity index (χ0v) is 12.5. The van der Waals surface area contributed by atoms with Crippen molar-refractivity contribution in [3.05, 3.63) is 18.1 Å². The first-order valence-corrected chi connectivity index (χ1v) is 6.95. The molecule has 1 aliphatic heterocycles. The molecule has 0 atom stereocenters. The first-order chi connectivity index (χ1) is 9.36. The molecule has 6 nitrogen and oxygen atoms in total. The van der Waals surface area contributed by atoms with Crippen molar-refractivity contribution < 1.29 is 4.79 Å². The Hall–Kier alpha value is -1.69. The zero-order valence-electron chi connectivity index (χ0n) is 12.5. The van der Waals surface area contributed by atoms with Crippen LogP contribution in [0.5, 0.6) is 0 Å². The molecule has 2 rings (SSSR count). The van der Waals surface area contributed by atoms with E-state index in [0.29, 0.717) is 6.54 Å². The fourth-order valence-corrected chi connectivity index (χ4v) is 2.24. The Labute approximate surface area is 120 Å². The van der Waals surface area contributed by atoms with Crippen molar-refractivity contribution in [2.24, 2.45) is 5.73 Å². The van der Waals surface area contributed by atoms with Gasteiger partial charge < -0.3 is 10.6 Å². The van der Waals surface area contributed by atoms with Crippen LogP contribution >= 0.6 is 0 Å². The quantitative estimate of drug-likeness (QED) is 0.864. The minimum absolute atomic E-state index is 0.0518. The van der Waals surface area contributed by atoms with E-state index in [1.54, 1.807) is 0 Å². The number of hydrogen-bond acceptors (Lipinski definition) is 5. The smallest absolute Gasteiger partial charge is 0.231 e. The largest absolute Gasteiger partial charge is 0.369 e. The molecule has 1 aromatic heterocycles. The van der Waals surface area contributed by atoms with Gasteiger partial charge in [0, 0.05) is 37.8 Å². The minimum Gasteiger partial charge on any atom is -0.369 e. The van der Waals surface area contributed by atoms with Gasteiger partial charge in [-0.25, -0.2) is 9.97 Å². The molecule has 0 bridgehead atoms. The lowest BCUT2D eigenvalue weighted by Crippen LogP contribution is -2.49. The number of rotatable bonds is 3. The molecular weight excluding hydrogens is 254 g/mol. The maximum atomic E-state index is 10.9. The van der Waals surface area contributed by atoms with Gasteiger partial charge in [-0.05, 0) is 6.07 Å². The van der Waals surface area contributed by atoms with E-state index in [9.17, 15) is 4.79 Å². The molecule has 1 aliphatic rings. The Bertz CT molecular complexity index is 475. The van der Waals surface area contributed by atoms with Gasteiger partial charge in [-0.3, -0.25) is 9.69 Å². The van der Waals surface area contributed by atoms with Gasteiger partial charge in [0.15, 0.2) is 0 Å². The number of anilines is 1.